The minimum atomic E-state index is -0.395. The van der Waals surface area contributed by atoms with Crippen LogP contribution in [-0.4, -0.2) is 55.3 Å². The molecule has 158 valence electrons. The molecule has 1 saturated heterocycles. The Bertz CT molecular complexity index is 928. The summed E-state index contributed by atoms with van der Waals surface area (Å²) < 4.78 is 0. The van der Waals surface area contributed by atoms with Crippen LogP contribution >= 0.6 is 0 Å². The third kappa shape index (κ3) is 3.69. The molecule has 2 amide bonds. The highest BCUT2D eigenvalue weighted by Gasteiger charge is 2.46. The highest BCUT2D eigenvalue weighted by atomic mass is 16.2. The molecule has 0 aromatic heterocycles. The van der Waals surface area contributed by atoms with Crippen LogP contribution in [0.25, 0.3) is 0 Å². The maximum atomic E-state index is 13.5. The Balaban J connectivity index is 1.52. The van der Waals surface area contributed by atoms with Crippen molar-refractivity contribution in [3.8, 4) is 0 Å². The Morgan fingerprint density at radius 3 is 2.23 bits per heavy atom. The van der Waals surface area contributed by atoms with Crippen molar-refractivity contribution in [2.45, 2.75) is 32.7 Å². The maximum Gasteiger partial charge on any atom is 0.253 e. The number of benzene rings is 2. The second-order valence-corrected chi connectivity index (χ2v) is 8.78. The van der Waals surface area contributed by atoms with E-state index in [0.717, 1.165) is 31.5 Å². The number of piperidine rings is 1. The number of anilines is 1. The van der Waals surface area contributed by atoms with Crippen LogP contribution in [0.15, 0.2) is 48.5 Å². The first-order valence-corrected chi connectivity index (χ1v) is 10.9. The van der Waals surface area contributed by atoms with Crippen molar-refractivity contribution in [3.05, 3.63) is 65.2 Å². The van der Waals surface area contributed by atoms with Crippen molar-refractivity contribution in [1.29, 1.82) is 0 Å². The van der Waals surface area contributed by atoms with Crippen molar-refractivity contribution in [3.63, 3.8) is 0 Å². The minimum absolute atomic E-state index is 0.0592. The molecule has 1 spiro atoms. The van der Waals surface area contributed by atoms with Gasteiger partial charge in [0.15, 0.2) is 0 Å². The molecule has 0 unspecified atom stereocenters. The van der Waals surface area contributed by atoms with Crippen molar-refractivity contribution in [1.82, 2.24) is 9.80 Å². The normalized spacial score (nSPS) is 18.2. The van der Waals surface area contributed by atoms with Crippen LogP contribution in [-0.2, 0) is 17.8 Å². The molecule has 4 rings (SSSR count). The quantitative estimate of drug-likeness (QED) is 0.784. The van der Waals surface area contributed by atoms with E-state index < -0.39 is 5.41 Å². The molecule has 5 heteroatoms. The molecule has 2 heterocycles. The lowest BCUT2D eigenvalue weighted by Crippen LogP contribution is -2.51. The lowest BCUT2D eigenvalue weighted by molar-refractivity contribution is -0.144. The van der Waals surface area contributed by atoms with Gasteiger partial charge in [0.05, 0.1) is 5.41 Å². The molecule has 2 aromatic carbocycles. The number of amides is 2. The number of rotatable bonds is 3. The molecule has 2 aromatic rings. The average molecular weight is 406 g/mol. The largest absolute Gasteiger partial charge is 0.378 e. The van der Waals surface area contributed by atoms with Gasteiger partial charge in [-0.05, 0) is 61.6 Å². The number of fused-ring (bicyclic) bond motifs is 1. The summed E-state index contributed by atoms with van der Waals surface area (Å²) in [6.45, 7) is 4.71. The fourth-order valence-electron chi connectivity index (χ4n) is 4.81. The zero-order chi connectivity index (χ0) is 21.3. The van der Waals surface area contributed by atoms with Gasteiger partial charge in [-0.1, -0.05) is 24.3 Å². The summed E-state index contributed by atoms with van der Waals surface area (Å²) in [7, 11) is 3.98. The van der Waals surface area contributed by atoms with E-state index >= 15 is 0 Å². The van der Waals surface area contributed by atoms with Gasteiger partial charge in [0.25, 0.3) is 5.91 Å². The predicted octanol–water partition coefficient (Wildman–Crippen LogP) is 3.58. The van der Waals surface area contributed by atoms with E-state index in [9.17, 15) is 9.59 Å². The van der Waals surface area contributed by atoms with Crippen LogP contribution in [0.2, 0.25) is 0 Å². The van der Waals surface area contributed by atoms with Gasteiger partial charge >= 0.3 is 0 Å². The van der Waals surface area contributed by atoms with Crippen molar-refractivity contribution >= 4 is 17.5 Å². The summed E-state index contributed by atoms with van der Waals surface area (Å²) in [5.41, 5.74) is 3.93. The van der Waals surface area contributed by atoms with Gasteiger partial charge in [-0.15, -0.1) is 0 Å². The number of carbonyl (C=O) groups is 2. The Morgan fingerprint density at radius 2 is 1.63 bits per heavy atom. The van der Waals surface area contributed by atoms with E-state index in [1.165, 1.54) is 11.1 Å². The molecule has 0 saturated carbocycles. The van der Waals surface area contributed by atoms with E-state index in [2.05, 4.69) is 31.2 Å². The Hall–Kier alpha value is -2.82. The molecule has 30 heavy (non-hydrogen) atoms. The summed E-state index contributed by atoms with van der Waals surface area (Å²) in [6.07, 6.45) is 2.22. The van der Waals surface area contributed by atoms with Gasteiger partial charge in [-0.2, -0.15) is 0 Å². The number of likely N-dealkylation sites (tertiary alicyclic amines) is 1. The number of nitrogens with zero attached hydrogens (tertiary/aromatic N) is 3. The van der Waals surface area contributed by atoms with Crippen LogP contribution in [0.1, 0.15) is 41.3 Å². The van der Waals surface area contributed by atoms with Crippen LogP contribution in [0.4, 0.5) is 5.69 Å². The second kappa shape index (κ2) is 8.13. The van der Waals surface area contributed by atoms with Crippen LogP contribution in [0.3, 0.4) is 0 Å². The van der Waals surface area contributed by atoms with E-state index in [1.54, 1.807) is 0 Å². The second-order valence-electron chi connectivity index (χ2n) is 8.78. The monoisotopic (exact) mass is 405 g/mol. The highest BCUT2D eigenvalue weighted by molar-refractivity contribution is 5.95. The molecule has 0 bridgehead atoms. The Morgan fingerprint density at radius 1 is 1.00 bits per heavy atom. The third-order valence-electron chi connectivity index (χ3n) is 6.77. The fraction of sp³-hybridized carbons (Fsp3) is 0.440. The smallest absolute Gasteiger partial charge is 0.253 e. The summed E-state index contributed by atoms with van der Waals surface area (Å²) in [5, 5.41) is 0. The summed E-state index contributed by atoms with van der Waals surface area (Å²) >= 11 is 0. The van der Waals surface area contributed by atoms with Gasteiger partial charge in [-0.3, -0.25) is 9.59 Å². The van der Waals surface area contributed by atoms with E-state index in [4.69, 9.17) is 0 Å². The number of hydrogen-bond donors (Lipinski definition) is 0. The lowest BCUT2D eigenvalue weighted by atomic mass is 9.72. The molecule has 2 aliphatic rings. The molecule has 0 radical (unpaired) electrons. The predicted molar refractivity (Wildman–Crippen MR) is 120 cm³/mol. The standard InChI is InChI=1S/C25H31N3O2/c1-4-27-18-21-8-6-5-7-20(21)17-25(24(27)30)13-15-28(16-14-25)23(29)19-9-11-22(12-10-19)26(2)3/h5-12H,4,13-18H2,1-3H3. The van der Waals surface area contributed by atoms with E-state index in [1.807, 2.05) is 53.1 Å². The highest BCUT2D eigenvalue weighted by Crippen LogP contribution is 2.40. The number of hydrogen-bond acceptors (Lipinski definition) is 3. The zero-order valence-corrected chi connectivity index (χ0v) is 18.2. The van der Waals surface area contributed by atoms with Crippen LogP contribution < -0.4 is 4.90 Å². The average Bonchev–Trinajstić information content (AvgIpc) is 2.88. The molecular weight excluding hydrogens is 374 g/mol. The summed E-state index contributed by atoms with van der Waals surface area (Å²) in [6, 6.07) is 16.2. The molecule has 2 aliphatic heterocycles. The molecule has 0 aliphatic carbocycles. The van der Waals surface area contributed by atoms with Crippen molar-refractivity contribution in [2.24, 2.45) is 5.41 Å². The first-order chi connectivity index (χ1) is 14.4. The van der Waals surface area contributed by atoms with Crippen LogP contribution in [0.5, 0.6) is 0 Å². The lowest BCUT2D eigenvalue weighted by Gasteiger charge is -2.42. The topological polar surface area (TPSA) is 43.9 Å². The SMILES string of the molecule is CCN1Cc2ccccc2CC2(CCN(C(=O)c3ccc(N(C)C)cc3)CC2)C1=O. The van der Waals surface area contributed by atoms with Crippen LogP contribution in [0, 0.1) is 5.41 Å². The van der Waals surface area contributed by atoms with E-state index in [-0.39, 0.29) is 11.8 Å². The molecule has 1 fully saturated rings. The fourth-order valence-corrected chi connectivity index (χ4v) is 4.81. The van der Waals surface area contributed by atoms with Gasteiger partial charge in [-0.25, -0.2) is 0 Å². The Labute approximate surface area is 179 Å². The van der Waals surface area contributed by atoms with Crippen molar-refractivity contribution < 1.29 is 9.59 Å². The van der Waals surface area contributed by atoms with E-state index in [0.29, 0.717) is 25.2 Å². The van der Waals surface area contributed by atoms with Gasteiger partial charge in [0.1, 0.15) is 0 Å². The zero-order valence-electron chi connectivity index (χ0n) is 18.2. The molecule has 0 N–H and O–H groups in total. The first-order valence-electron chi connectivity index (χ1n) is 10.9. The molecule has 0 atom stereocenters. The van der Waals surface area contributed by atoms with Gasteiger partial charge < -0.3 is 14.7 Å². The minimum Gasteiger partial charge on any atom is -0.378 e. The first kappa shape index (κ1) is 20.5. The van der Waals surface area contributed by atoms with Gasteiger partial charge in [0, 0.05) is 51.5 Å². The van der Waals surface area contributed by atoms with Crippen molar-refractivity contribution in [2.75, 3.05) is 38.6 Å². The third-order valence-corrected chi connectivity index (χ3v) is 6.77. The Kier molecular flexibility index (Phi) is 5.54. The molecule has 5 nitrogen and oxygen atoms in total. The number of carbonyl (C=O) groups excluding carboxylic acids is 2. The van der Waals surface area contributed by atoms with Gasteiger partial charge in [0.2, 0.25) is 5.91 Å². The summed E-state index contributed by atoms with van der Waals surface area (Å²) in [5.74, 6) is 0.313. The maximum absolute atomic E-state index is 13.5. The molecular formula is C25H31N3O2. The summed E-state index contributed by atoms with van der Waals surface area (Å²) in [4.78, 5) is 32.4.